The molecule has 1 atom stereocenters. The fourth-order valence-electron chi connectivity index (χ4n) is 2.10. The Hall–Kier alpha value is -1.39. The van der Waals surface area contributed by atoms with Gasteiger partial charge < -0.3 is 10.6 Å². The van der Waals surface area contributed by atoms with Crippen molar-refractivity contribution in [3.05, 3.63) is 46.5 Å². The Balaban J connectivity index is 1.84. The van der Waals surface area contributed by atoms with Crippen molar-refractivity contribution in [3.8, 4) is 0 Å². The van der Waals surface area contributed by atoms with Gasteiger partial charge in [-0.05, 0) is 18.1 Å². The van der Waals surface area contributed by atoms with Crippen LogP contribution in [0.25, 0.3) is 0 Å². The topological polar surface area (TPSA) is 42.1 Å². The average Bonchev–Trinajstić information content (AvgIpc) is 2.95. The summed E-state index contributed by atoms with van der Waals surface area (Å²) in [4.78, 5) is 7.92. The van der Waals surface area contributed by atoms with Crippen LogP contribution in [0.4, 0.5) is 5.13 Å². The molecule has 2 heterocycles. The molecule has 2 N–H and O–H groups in total. The minimum Gasteiger partial charge on any atom is -0.339 e. The van der Waals surface area contributed by atoms with Crippen LogP contribution in [0.1, 0.15) is 29.0 Å². The summed E-state index contributed by atoms with van der Waals surface area (Å²) >= 11 is 1.70. The molecule has 2 aromatic rings. The fourth-order valence-corrected chi connectivity index (χ4v) is 2.97. The lowest BCUT2D eigenvalue weighted by Crippen LogP contribution is -2.13. The minimum absolute atomic E-state index is 0.0752. The van der Waals surface area contributed by atoms with E-state index in [1.165, 1.54) is 11.1 Å². The normalized spacial score (nSPS) is 16.0. The summed E-state index contributed by atoms with van der Waals surface area (Å²) in [5.41, 5.74) is 8.68. The summed E-state index contributed by atoms with van der Waals surface area (Å²) in [5, 5.41) is 1.08. The van der Waals surface area contributed by atoms with Crippen molar-refractivity contribution < 1.29 is 0 Å². The number of anilines is 1. The Bertz CT molecular complexity index is 508. The van der Waals surface area contributed by atoms with Crippen LogP contribution in [-0.4, -0.2) is 4.98 Å². The molecular weight excluding hydrogens is 230 g/mol. The van der Waals surface area contributed by atoms with Gasteiger partial charge in [0.2, 0.25) is 0 Å². The first-order chi connectivity index (χ1) is 8.24. The Labute approximate surface area is 105 Å². The van der Waals surface area contributed by atoms with Crippen LogP contribution < -0.4 is 10.6 Å². The first-order valence-corrected chi connectivity index (χ1v) is 6.59. The highest BCUT2D eigenvalue weighted by Crippen LogP contribution is 2.32. The lowest BCUT2D eigenvalue weighted by Gasteiger charge is -2.12. The van der Waals surface area contributed by atoms with E-state index in [1.807, 2.05) is 13.1 Å². The number of thiazole rings is 1. The Kier molecular flexibility index (Phi) is 2.61. The molecule has 0 aliphatic carbocycles. The molecule has 17 heavy (non-hydrogen) atoms. The van der Waals surface area contributed by atoms with Gasteiger partial charge >= 0.3 is 0 Å². The first-order valence-electron chi connectivity index (χ1n) is 5.77. The molecule has 0 spiro atoms. The van der Waals surface area contributed by atoms with Crippen molar-refractivity contribution in [3.63, 3.8) is 0 Å². The fraction of sp³-hybridized carbons (Fsp3) is 0.308. The number of hydrogen-bond acceptors (Lipinski definition) is 4. The SMILES string of the molecule is CC(N)c1cnc(N2Cc3ccccc3C2)s1. The summed E-state index contributed by atoms with van der Waals surface area (Å²) in [6.45, 7) is 3.92. The lowest BCUT2D eigenvalue weighted by atomic mass is 10.1. The number of nitrogens with zero attached hydrogens (tertiary/aromatic N) is 2. The highest BCUT2D eigenvalue weighted by Gasteiger charge is 2.21. The molecule has 1 aromatic heterocycles. The second-order valence-electron chi connectivity index (χ2n) is 4.46. The third kappa shape index (κ3) is 1.94. The maximum absolute atomic E-state index is 5.86. The van der Waals surface area contributed by atoms with E-state index < -0.39 is 0 Å². The van der Waals surface area contributed by atoms with E-state index in [9.17, 15) is 0 Å². The van der Waals surface area contributed by atoms with Crippen molar-refractivity contribution in [1.29, 1.82) is 0 Å². The first kappa shape index (κ1) is 10.7. The molecule has 4 heteroatoms. The Morgan fingerprint density at radius 3 is 2.47 bits per heavy atom. The zero-order valence-corrected chi connectivity index (χ0v) is 10.6. The Morgan fingerprint density at radius 1 is 1.29 bits per heavy atom. The maximum atomic E-state index is 5.86. The van der Waals surface area contributed by atoms with Gasteiger partial charge in [-0.1, -0.05) is 24.3 Å². The highest BCUT2D eigenvalue weighted by atomic mass is 32.1. The minimum atomic E-state index is 0.0752. The van der Waals surface area contributed by atoms with Gasteiger partial charge in [-0.3, -0.25) is 0 Å². The van der Waals surface area contributed by atoms with Gasteiger partial charge in [-0.25, -0.2) is 4.98 Å². The molecule has 0 bridgehead atoms. The van der Waals surface area contributed by atoms with E-state index in [4.69, 9.17) is 5.73 Å². The van der Waals surface area contributed by atoms with E-state index in [0.29, 0.717) is 0 Å². The van der Waals surface area contributed by atoms with E-state index >= 15 is 0 Å². The number of nitrogens with two attached hydrogens (primary N) is 1. The molecule has 1 unspecified atom stereocenters. The smallest absolute Gasteiger partial charge is 0.186 e. The molecule has 0 fully saturated rings. The third-order valence-electron chi connectivity index (χ3n) is 3.07. The van der Waals surface area contributed by atoms with Gasteiger partial charge in [-0.15, -0.1) is 11.3 Å². The van der Waals surface area contributed by atoms with Gasteiger partial charge in [0.15, 0.2) is 5.13 Å². The van der Waals surface area contributed by atoms with Crippen molar-refractivity contribution >= 4 is 16.5 Å². The number of aromatic nitrogens is 1. The molecule has 88 valence electrons. The number of hydrogen-bond donors (Lipinski definition) is 1. The summed E-state index contributed by atoms with van der Waals surface area (Å²) < 4.78 is 0. The predicted octanol–water partition coefficient (Wildman–Crippen LogP) is 2.68. The molecule has 1 aromatic carbocycles. The molecule has 1 aliphatic heterocycles. The molecule has 0 amide bonds. The summed E-state index contributed by atoms with van der Waals surface area (Å²) in [5.74, 6) is 0. The number of fused-ring (bicyclic) bond motifs is 1. The van der Waals surface area contributed by atoms with Crippen LogP contribution in [0.2, 0.25) is 0 Å². The molecular formula is C13H15N3S. The standard InChI is InChI=1S/C13H15N3S/c1-9(14)12-6-15-13(17-12)16-7-10-4-2-3-5-11(10)8-16/h2-6,9H,7-8,14H2,1H3. The van der Waals surface area contributed by atoms with Crippen LogP contribution in [0.15, 0.2) is 30.5 Å². The lowest BCUT2D eigenvalue weighted by molar-refractivity contribution is 0.834. The van der Waals surface area contributed by atoms with Gasteiger partial charge in [0.1, 0.15) is 0 Å². The van der Waals surface area contributed by atoms with Crippen molar-refractivity contribution in [1.82, 2.24) is 4.98 Å². The quantitative estimate of drug-likeness (QED) is 0.884. The summed E-state index contributed by atoms with van der Waals surface area (Å²) in [7, 11) is 0. The van der Waals surface area contributed by atoms with Crippen LogP contribution in [0.5, 0.6) is 0 Å². The molecule has 3 rings (SSSR count). The van der Waals surface area contributed by atoms with Crippen molar-refractivity contribution in [2.75, 3.05) is 4.90 Å². The van der Waals surface area contributed by atoms with E-state index in [0.717, 1.165) is 23.1 Å². The van der Waals surface area contributed by atoms with E-state index in [-0.39, 0.29) is 6.04 Å². The maximum Gasteiger partial charge on any atom is 0.186 e. The van der Waals surface area contributed by atoms with Crippen LogP contribution in [0.3, 0.4) is 0 Å². The highest BCUT2D eigenvalue weighted by molar-refractivity contribution is 7.15. The average molecular weight is 245 g/mol. The molecule has 0 radical (unpaired) electrons. The number of rotatable bonds is 2. The second kappa shape index (κ2) is 4.13. The second-order valence-corrected chi connectivity index (χ2v) is 5.50. The molecule has 0 saturated carbocycles. The van der Waals surface area contributed by atoms with Gasteiger partial charge in [0, 0.05) is 30.2 Å². The van der Waals surface area contributed by atoms with Gasteiger partial charge in [-0.2, -0.15) is 0 Å². The summed E-state index contributed by atoms with van der Waals surface area (Å²) in [6.07, 6.45) is 1.90. The predicted molar refractivity (Wildman–Crippen MR) is 71.0 cm³/mol. The van der Waals surface area contributed by atoms with Gasteiger partial charge in [0.05, 0.1) is 0 Å². The Morgan fingerprint density at radius 2 is 1.94 bits per heavy atom. The summed E-state index contributed by atoms with van der Waals surface area (Å²) in [6, 6.07) is 8.64. The number of benzene rings is 1. The van der Waals surface area contributed by atoms with Gasteiger partial charge in [0.25, 0.3) is 0 Å². The third-order valence-corrected chi connectivity index (χ3v) is 4.33. The van der Waals surface area contributed by atoms with Crippen molar-refractivity contribution in [2.45, 2.75) is 26.1 Å². The van der Waals surface area contributed by atoms with Crippen LogP contribution >= 0.6 is 11.3 Å². The van der Waals surface area contributed by atoms with Crippen molar-refractivity contribution in [2.24, 2.45) is 5.73 Å². The molecule has 3 nitrogen and oxygen atoms in total. The van der Waals surface area contributed by atoms with E-state index in [1.54, 1.807) is 11.3 Å². The zero-order valence-electron chi connectivity index (χ0n) is 9.76. The van der Waals surface area contributed by atoms with E-state index in [2.05, 4.69) is 34.1 Å². The molecule has 1 aliphatic rings. The monoisotopic (exact) mass is 245 g/mol. The zero-order chi connectivity index (χ0) is 11.8. The largest absolute Gasteiger partial charge is 0.339 e. The van der Waals surface area contributed by atoms with Crippen LogP contribution in [-0.2, 0) is 13.1 Å². The molecule has 0 saturated heterocycles. The van der Waals surface area contributed by atoms with Crippen LogP contribution in [0, 0.1) is 0 Å².